The molecule has 2 aromatic carbocycles. The van der Waals surface area contributed by atoms with E-state index in [4.69, 9.17) is 16.3 Å². The first-order valence-corrected chi connectivity index (χ1v) is 10.1. The van der Waals surface area contributed by atoms with Crippen molar-refractivity contribution >= 4 is 50.7 Å². The predicted molar refractivity (Wildman–Crippen MR) is 108 cm³/mol. The number of ether oxygens (including phenoxy) is 1. The summed E-state index contributed by atoms with van der Waals surface area (Å²) in [6, 6.07) is 6.97. The van der Waals surface area contributed by atoms with Gasteiger partial charge in [0.25, 0.3) is 0 Å². The number of fused-ring (bicyclic) bond motifs is 1. The summed E-state index contributed by atoms with van der Waals surface area (Å²) in [4.78, 5) is 29.7. The van der Waals surface area contributed by atoms with Crippen LogP contribution in [0.3, 0.4) is 0 Å². The predicted octanol–water partition coefficient (Wildman–Crippen LogP) is 5.24. The molecule has 0 aliphatic carbocycles. The van der Waals surface area contributed by atoms with E-state index in [1.807, 2.05) is 0 Å². The molecule has 0 aliphatic rings. The van der Waals surface area contributed by atoms with Crippen LogP contribution in [0.15, 0.2) is 30.3 Å². The molecule has 0 saturated carbocycles. The minimum absolute atomic E-state index is 0.137. The van der Waals surface area contributed by atoms with Crippen LogP contribution in [0, 0.1) is 17.5 Å². The van der Waals surface area contributed by atoms with Crippen molar-refractivity contribution in [1.82, 2.24) is 4.98 Å². The Morgan fingerprint density at radius 1 is 1.17 bits per heavy atom. The van der Waals surface area contributed by atoms with E-state index in [9.17, 15) is 22.8 Å². The van der Waals surface area contributed by atoms with Crippen LogP contribution < -0.4 is 4.90 Å². The third kappa shape index (κ3) is 4.73. The average molecular weight is 457 g/mol. The fourth-order valence-corrected chi connectivity index (χ4v) is 3.98. The molecule has 0 bridgehead atoms. The van der Waals surface area contributed by atoms with E-state index < -0.39 is 34.8 Å². The highest BCUT2D eigenvalue weighted by molar-refractivity contribution is 7.18. The molecule has 3 rings (SSSR count). The van der Waals surface area contributed by atoms with Crippen molar-refractivity contribution < 1.29 is 27.5 Å². The minimum atomic E-state index is -1.34. The number of benzene rings is 2. The van der Waals surface area contributed by atoms with Gasteiger partial charge >= 0.3 is 5.97 Å². The van der Waals surface area contributed by atoms with E-state index >= 15 is 0 Å². The molecule has 3 aromatic rings. The van der Waals surface area contributed by atoms with E-state index in [0.29, 0.717) is 11.8 Å². The van der Waals surface area contributed by atoms with Crippen LogP contribution >= 0.6 is 22.9 Å². The van der Waals surface area contributed by atoms with Gasteiger partial charge in [0.05, 0.1) is 35.0 Å². The number of halogens is 4. The maximum Gasteiger partial charge on any atom is 0.306 e. The summed E-state index contributed by atoms with van der Waals surface area (Å²) in [5, 5.41) is 0.448. The molecule has 0 N–H and O–H groups in total. The number of carbonyl (C=O) groups is 2. The SMILES string of the molecule is CCOC(=O)CCC(=O)N(Cc1nc2c(F)c(F)cc(F)c2s1)c1ccccc1Cl. The Hall–Kier alpha value is -2.65. The number of carbonyl (C=O) groups excluding carboxylic acids is 2. The molecule has 0 radical (unpaired) electrons. The van der Waals surface area contributed by atoms with E-state index in [-0.39, 0.29) is 40.7 Å². The molecule has 0 fully saturated rings. The fraction of sp³-hybridized carbons (Fsp3) is 0.250. The number of anilines is 1. The second-order valence-corrected chi connectivity index (χ2v) is 7.67. The van der Waals surface area contributed by atoms with Gasteiger partial charge in [-0.2, -0.15) is 0 Å². The first kappa shape index (κ1) is 22.0. The molecule has 30 heavy (non-hydrogen) atoms. The zero-order valence-electron chi connectivity index (χ0n) is 15.8. The smallest absolute Gasteiger partial charge is 0.306 e. The number of nitrogens with zero attached hydrogens (tertiary/aromatic N) is 2. The highest BCUT2D eigenvalue weighted by atomic mass is 35.5. The Labute approximate surface area is 179 Å². The zero-order valence-corrected chi connectivity index (χ0v) is 17.3. The first-order valence-electron chi connectivity index (χ1n) is 8.95. The first-order chi connectivity index (χ1) is 14.3. The second kappa shape index (κ2) is 9.44. The Bertz CT molecular complexity index is 1110. The molecule has 1 aromatic heterocycles. The van der Waals surface area contributed by atoms with Crippen LogP contribution in [-0.4, -0.2) is 23.5 Å². The van der Waals surface area contributed by atoms with Crippen LogP contribution in [0.1, 0.15) is 24.8 Å². The monoisotopic (exact) mass is 456 g/mol. The number of para-hydroxylation sites is 1. The van der Waals surface area contributed by atoms with E-state index in [0.717, 1.165) is 11.3 Å². The summed E-state index contributed by atoms with van der Waals surface area (Å²) < 4.78 is 46.2. The Kier molecular flexibility index (Phi) is 6.94. The van der Waals surface area contributed by atoms with Crippen LogP contribution in [-0.2, 0) is 20.9 Å². The van der Waals surface area contributed by atoms with Gasteiger partial charge in [0, 0.05) is 12.5 Å². The van der Waals surface area contributed by atoms with Gasteiger partial charge in [-0.1, -0.05) is 23.7 Å². The third-order valence-corrected chi connectivity index (χ3v) is 5.51. The van der Waals surface area contributed by atoms with Crippen molar-refractivity contribution in [1.29, 1.82) is 0 Å². The van der Waals surface area contributed by atoms with Crippen LogP contribution in [0.4, 0.5) is 18.9 Å². The van der Waals surface area contributed by atoms with Crippen molar-refractivity contribution in [2.75, 3.05) is 11.5 Å². The molecule has 0 aliphatic heterocycles. The van der Waals surface area contributed by atoms with Gasteiger partial charge in [-0.05, 0) is 19.1 Å². The van der Waals surface area contributed by atoms with E-state index in [1.54, 1.807) is 31.2 Å². The molecule has 0 unspecified atom stereocenters. The van der Waals surface area contributed by atoms with Crippen LogP contribution in [0.2, 0.25) is 5.02 Å². The van der Waals surface area contributed by atoms with Crippen molar-refractivity contribution in [3.63, 3.8) is 0 Å². The number of amides is 1. The van der Waals surface area contributed by atoms with Crippen molar-refractivity contribution in [3.8, 4) is 0 Å². The van der Waals surface area contributed by atoms with Gasteiger partial charge < -0.3 is 9.64 Å². The molecule has 1 amide bonds. The number of rotatable bonds is 7. The normalized spacial score (nSPS) is 11.0. The number of hydrogen-bond donors (Lipinski definition) is 0. The van der Waals surface area contributed by atoms with Gasteiger partial charge in [-0.25, -0.2) is 18.2 Å². The van der Waals surface area contributed by atoms with Gasteiger partial charge in [-0.3, -0.25) is 9.59 Å². The number of hydrogen-bond acceptors (Lipinski definition) is 5. The van der Waals surface area contributed by atoms with Crippen molar-refractivity contribution in [2.24, 2.45) is 0 Å². The summed E-state index contributed by atoms with van der Waals surface area (Å²) in [5.41, 5.74) is -0.0926. The molecular weight excluding hydrogens is 441 g/mol. The average Bonchev–Trinajstić information content (AvgIpc) is 3.14. The summed E-state index contributed by atoms with van der Waals surface area (Å²) in [6.07, 6.45) is -0.297. The minimum Gasteiger partial charge on any atom is -0.466 e. The van der Waals surface area contributed by atoms with E-state index in [2.05, 4.69) is 4.98 Å². The maximum atomic E-state index is 14.0. The van der Waals surface area contributed by atoms with Crippen LogP contribution in [0.5, 0.6) is 0 Å². The lowest BCUT2D eigenvalue weighted by Gasteiger charge is -2.23. The van der Waals surface area contributed by atoms with Crippen LogP contribution in [0.25, 0.3) is 10.2 Å². The largest absolute Gasteiger partial charge is 0.466 e. The van der Waals surface area contributed by atoms with Crippen molar-refractivity contribution in [2.45, 2.75) is 26.3 Å². The number of aromatic nitrogens is 1. The lowest BCUT2D eigenvalue weighted by Crippen LogP contribution is -2.31. The molecule has 0 saturated heterocycles. The molecule has 1 heterocycles. The number of esters is 1. The van der Waals surface area contributed by atoms with Gasteiger partial charge in [0.15, 0.2) is 11.6 Å². The Morgan fingerprint density at radius 2 is 1.90 bits per heavy atom. The second-order valence-electron chi connectivity index (χ2n) is 6.18. The number of thiazole rings is 1. The molecule has 5 nitrogen and oxygen atoms in total. The topological polar surface area (TPSA) is 59.5 Å². The highest BCUT2D eigenvalue weighted by Gasteiger charge is 2.23. The lowest BCUT2D eigenvalue weighted by atomic mass is 10.2. The summed E-state index contributed by atoms with van der Waals surface area (Å²) in [7, 11) is 0. The van der Waals surface area contributed by atoms with Crippen molar-refractivity contribution in [3.05, 3.63) is 57.8 Å². The molecule has 0 spiro atoms. The van der Waals surface area contributed by atoms with Gasteiger partial charge in [-0.15, -0.1) is 11.3 Å². The molecule has 158 valence electrons. The molecule has 10 heteroatoms. The molecular formula is C20H16ClF3N2O3S. The molecule has 0 atom stereocenters. The quantitative estimate of drug-likeness (QED) is 0.360. The lowest BCUT2D eigenvalue weighted by molar-refractivity contribution is -0.144. The zero-order chi connectivity index (χ0) is 21.8. The summed E-state index contributed by atoms with van der Waals surface area (Å²) in [5.74, 6) is -4.52. The van der Waals surface area contributed by atoms with Gasteiger partial charge in [0.2, 0.25) is 5.91 Å². The highest BCUT2D eigenvalue weighted by Crippen LogP contribution is 2.32. The Morgan fingerprint density at radius 3 is 2.60 bits per heavy atom. The Balaban J connectivity index is 1.93. The third-order valence-electron chi connectivity index (χ3n) is 4.15. The van der Waals surface area contributed by atoms with E-state index in [1.165, 1.54) is 4.90 Å². The fourth-order valence-electron chi connectivity index (χ4n) is 2.79. The standard InChI is InChI=1S/C20H16ClF3N2O3S/c1-2-29-17(28)8-7-16(27)26(14-6-4-3-5-11(14)21)10-15-25-19-18(24)12(22)9-13(23)20(19)30-15/h3-6,9H,2,7-8,10H2,1H3. The maximum absolute atomic E-state index is 14.0. The summed E-state index contributed by atoms with van der Waals surface area (Å²) >= 11 is 7.02. The summed E-state index contributed by atoms with van der Waals surface area (Å²) in [6.45, 7) is 1.69. The van der Waals surface area contributed by atoms with Gasteiger partial charge in [0.1, 0.15) is 16.3 Å².